The number of rotatable bonds is 5. The highest BCUT2D eigenvalue weighted by Crippen LogP contribution is 2.12. The van der Waals surface area contributed by atoms with E-state index in [4.69, 9.17) is 15.6 Å². The highest BCUT2D eigenvalue weighted by atomic mass is 16.5. The zero-order chi connectivity index (χ0) is 12.8. The van der Waals surface area contributed by atoms with Gasteiger partial charge in [-0.05, 0) is 17.5 Å². The van der Waals surface area contributed by atoms with E-state index in [1.807, 2.05) is 12.1 Å². The van der Waals surface area contributed by atoms with Gasteiger partial charge in [0.25, 0.3) is 0 Å². The third kappa shape index (κ3) is 3.78. The fourth-order valence-electron chi connectivity index (χ4n) is 2.15. The standard InChI is InChI=1S/C14H22N2O2/c15-14(11-17)13-3-1-12(2-4-13)5-6-16-7-9-18-10-8-16/h1-4,14,17H,5-11,15H2. The van der Waals surface area contributed by atoms with Crippen LogP contribution in [0.2, 0.25) is 0 Å². The number of hydrogen-bond acceptors (Lipinski definition) is 4. The second-order valence-corrected chi connectivity index (χ2v) is 4.73. The van der Waals surface area contributed by atoms with Crippen LogP contribution in [0, 0.1) is 0 Å². The molecule has 1 atom stereocenters. The van der Waals surface area contributed by atoms with Crippen molar-refractivity contribution < 1.29 is 9.84 Å². The van der Waals surface area contributed by atoms with E-state index in [0.29, 0.717) is 0 Å². The van der Waals surface area contributed by atoms with Crippen molar-refractivity contribution in [2.75, 3.05) is 39.5 Å². The van der Waals surface area contributed by atoms with Gasteiger partial charge in [0.2, 0.25) is 0 Å². The SMILES string of the molecule is NC(CO)c1ccc(CCN2CCOCC2)cc1. The average Bonchev–Trinajstić information content (AvgIpc) is 2.46. The molecule has 4 nitrogen and oxygen atoms in total. The van der Waals surface area contributed by atoms with Gasteiger partial charge in [0, 0.05) is 19.6 Å². The van der Waals surface area contributed by atoms with Crippen molar-refractivity contribution in [3.63, 3.8) is 0 Å². The maximum Gasteiger partial charge on any atom is 0.0624 e. The maximum atomic E-state index is 8.99. The number of benzene rings is 1. The van der Waals surface area contributed by atoms with Crippen LogP contribution in [-0.4, -0.2) is 49.5 Å². The molecule has 0 saturated carbocycles. The summed E-state index contributed by atoms with van der Waals surface area (Å²) in [6.07, 6.45) is 1.05. The zero-order valence-corrected chi connectivity index (χ0v) is 10.7. The van der Waals surface area contributed by atoms with E-state index in [2.05, 4.69) is 17.0 Å². The van der Waals surface area contributed by atoms with Crippen LogP contribution in [-0.2, 0) is 11.2 Å². The quantitative estimate of drug-likeness (QED) is 0.801. The van der Waals surface area contributed by atoms with Crippen molar-refractivity contribution in [3.8, 4) is 0 Å². The first kappa shape index (κ1) is 13.5. The summed E-state index contributed by atoms with van der Waals surface area (Å²) in [6, 6.07) is 7.96. The molecule has 18 heavy (non-hydrogen) atoms. The highest BCUT2D eigenvalue weighted by molar-refractivity contribution is 5.25. The normalized spacial score (nSPS) is 18.8. The predicted octanol–water partition coefficient (Wildman–Crippen LogP) is 0.553. The van der Waals surface area contributed by atoms with E-state index < -0.39 is 0 Å². The number of aliphatic hydroxyl groups is 1. The fraction of sp³-hybridized carbons (Fsp3) is 0.571. The Bertz CT molecular complexity index is 347. The number of nitrogens with two attached hydrogens (primary N) is 1. The largest absolute Gasteiger partial charge is 0.394 e. The molecular weight excluding hydrogens is 228 g/mol. The van der Waals surface area contributed by atoms with E-state index in [-0.39, 0.29) is 12.6 Å². The Morgan fingerprint density at radius 2 is 1.89 bits per heavy atom. The zero-order valence-electron chi connectivity index (χ0n) is 10.7. The fourth-order valence-corrected chi connectivity index (χ4v) is 2.15. The molecule has 100 valence electrons. The molecule has 0 aromatic heterocycles. The second kappa shape index (κ2) is 6.85. The molecule has 1 aliphatic heterocycles. The summed E-state index contributed by atoms with van der Waals surface area (Å²) in [5.74, 6) is 0. The van der Waals surface area contributed by atoms with E-state index in [9.17, 15) is 0 Å². The third-order valence-electron chi connectivity index (χ3n) is 3.42. The van der Waals surface area contributed by atoms with Crippen molar-refractivity contribution >= 4 is 0 Å². The van der Waals surface area contributed by atoms with Gasteiger partial charge in [0.05, 0.1) is 25.9 Å². The molecule has 1 saturated heterocycles. The third-order valence-corrected chi connectivity index (χ3v) is 3.42. The Balaban J connectivity index is 1.82. The van der Waals surface area contributed by atoms with Crippen LogP contribution in [0.25, 0.3) is 0 Å². The summed E-state index contributed by atoms with van der Waals surface area (Å²) >= 11 is 0. The highest BCUT2D eigenvalue weighted by Gasteiger charge is 2.10. The smallest absolute Gasteiger partial charge is 0.0624 e. The Morgan fingerprint density at radius 3 is 2.50 bits per heavy atom. The van der Waals surface area contributed by atoms with Gasteiger partial charge >= 0.3 is 0 Å². The number of aliphatic hydroxyl groups excluding tert-OH is 1. The molecule has 1 aromatic carbocycles. The van der Waals surface area contributed by atoms with Crippen LogP contribution in [0.1, 0.15) is 17.2 Å². The lowest BCUT2D eigenvalue weighted by Gasteiger charge is -2.26. The van der Waals surface area contributed by atoms with Gasteiger partial charge in [-0.25, -0.2) is 0 Å². The van der Waals surface area contributed by atoms with Crippen molar-refractivity contribution in [2.45, 2.75) is 12.5 Å². The molecule has 1 fully saturated rings. The van der Waals surface area contributed by atoms with Gasteiger partial charge in [-0.1, -0.05) is 24.3 Å². The first-order valence-corrected chi connectivity index (χ1v) is 6.55. The van der Waals surface area contributed by atoms with Crippen LogP contribution >= 0.6 is 0 Å². The second-order valence-electron chi connectivity index (χ2n) is 4.73. The van der Waals surface area contributed by atoms with Gasteiger partial charge in [0.15, 0.2) is 0 Å². The van der Waals surface area contributed by atoms with E-state index in [1.54, 1.807) is 0 Å². The van der Waals surface area contributed by atoms with Crippen molar-refractivity contribution in [3.05, 3.63) is 35.4 Å². The molecule has 0 radical (unpaired) electrons. The van der Waals surface area contributed by atoms with Crippen molar-refractivity contribution in [1.82, 2.24) is 4.90 Å². The monoisotopic (exact) mass is 250 g/mol. The Hall–Kier alpha value is -0.940. The summed E-state index contributed by atoms with van der Waals surface area (Å²) in [6.45, 7) is 4.84. The first-order valence-electron chi connectivity index (χ1n) is 6.55. The maximum absolute atomic E-state index is 8.99. The van der Waals surface area contributed by atoms with E-state index in [1.165, 1.54) is 5.56 Å². The summed E-state index contributed by atoms with van der Waals surface area (Å²) in [4.78, 5) is 2.43. The van der Waals surface area contributed by atoms with Crippen LogP contribution < -0.4 is 5.73 Å². The van der Waals surface area contributed by atoms with Crippen molar-refractivity contribution in [2.24, 2.45) is 5.73 Å². The van der Waals surface area contributed by atoms with Crippen LogP contribution in [0.3, 0.4) is 0 Å². The van der Waals surface area contributed by atoms with Crippen LogP contribution in [0.5, 0.6) is 0 Å². The summed E-state index contributed by atoms with van der Waals surface area (Å²) in [5.41, 5.74) is 8.07. The molecule has 3 N–H and O–H groups in total. The predicted molar refractivity (Wildman–Crippen MR) is 71.4 cm³/mol. The van der Waals surface area contributed by atoms with E-state index >= 15 is 0 Å². The molecule has 0 amide bonds. The Morgan fingerprint density at radius 1 is 1.22 bits per heavy atom. The number of ether oxygens (including phenoxy) is 1. The molecule has 1 unspecified atom stereocenters. The van der Waals surface area contributed by atoms with E-state index in [0.717, 1.165) is 44.8 Å². The molecule has 0 bridgehead atoms. The molecule has 1 heterocycles. The van der Waals surface area contributed by atoms with Gasteiger partial charge < -0.3 is 15.6 Å². The topological polar surface area (TPSA) is 58.7 Å². The molecule has 2 rings (SSSR count). The molecule has 4 heteroatoms. The van der Waals surface area contributed by atoms with Crippen LogP contribution in [0.15, 0.2) is 24.3 Å². The number of nitrogens with zero attached hydrogens (tertiary/aromatic N) is 1. The summed E-state index contributed by atoms with van der Waals surface area (Å²) in [5, 5.41) is 8.99. The van der Waals surface area contributed by atoms with Gasteiger partial charge in [-0.3, -0.25) is 4.90 Å². The molecule has 0 aliphatic carbocycles. The van der Waals surface area contributed by atoms with Crippen molar-refractivity contribution in [1.29, 1.82) is 0 Å². The molecular formula is C14H22N2O2. The number of morpholine rings is 1. The average molecular weight is 250 g/mol. The lowest BCUT2D eigenvalue weighted by atomic mass is 10.0. The first-order chi connectivity index (χ1) is 8.79. The van der Waals surface area contributed by atoms with Gasteiger partial charge in [-0.15, -0.1) is 0 Å². The minimum absolute atomic E-state index is 0.00682. The summed E-state index contributed by atoms with van der Waals surface area (Å²) < 4.78 is 5.33. The lowest BCUT2D eigenvalue weighted by Crippen LogP contribution is -2.37. The molecule has 0 spiro atoms. The minimum atomic E-state index is -0.265. The molecule has 1 aromatic rings. The number of hydrogen-bond donors (Lipinski definition) is 2. The Kier molecular flexibility index (Phi) is 5.13. The molecule has 1 aliphatic rings. The minimum Gasteiger partial charge on any atom is -0.394 e. The Labute approximate surface area is 108 Å². The van der Waals surface area contributed by atoms with Gasteiger partial charge in [0.1, 0.15) is 0 Å². The van der Waals surface area contributed by atoms with Crippen LogP contribution in [0.4, 0.5) is 0 Å². The summed E-state index contributed by atoms with van der Waals surface area (Å²) in [7, 11) is 0. The van der Waals surface area contributed by atoms with Gasteiger partial charge in [-0.2, -0.15) is 0 Å². The lowest BCUT2D eigenvalue weighted by molar-refractivity contribution is 0.0384.